The molecule has 7 heteroatoms. The molecule has 0 radical (unpaired) electrons. The first kappa shape index (κ1) is 20.1. The largest absolute Gasteiger partial charge is 0.491 e. The quantitative estimate of drug-likeness (QED) is 0.253. The van der Waals surface area contributed by atoms with Crippen molar-refractivity contribution in [1.29, 1.82) is 0 Å². The Morgan fingerprint density at radius 3 is 2.63 bits per heavy atom. The second-order valence-electron chi connectivity index (χ2n) is 6.70. The van der Waals surface area contributed by atoms with Gasteiger partial charge in [-0.25, -0.2) is 9.97 Å². The highest BCUT2D eigenvalue weighted by atomic mass is 32.2. The molecule has 0 saturated heterocycles. The highest BCUT2D eigenvalue weighted by Gasteiger charge is 2.14. The number of aromatic nitrogens is 2. The fourth-order valence-electron chi connectivity index (χ4n) is 2.88. The van der Waals surface area contributed by atoms with Crippen LogP contribution in [0.2, 0.25) is 0 Å². The van der Waals surface area contributed by atoms with Crippen molar-refractivity contribution in [3.63, 3.8) is 0 Å². The Morgan fingerprint density at radius 2 is 1.90 bits per heavy atom. The van der Waals surface area contributed by atoms with Gasteiger partial charge in [-0.3, -0.25) is 4.79 Å². The van der Waals surface area contributed by atoms with E-state index in [9.17, 15) is 9.90 Å². The van der Waals surface area contributed by atoms with E-state index in [-0.39, 0.29) is 12.4 Å². The predicted molar refractivity (Wildman–Crippen MR) is 116 cm³/mol. The van der Waals surface area contributed by atoms with Crippen molar-refractivity contribution in [3.05, 3.63) is 72.5 Å². The molecular formula is C23H20N2O4S. The van der Waals surface area contributed by atoms with Gasteiger partial charge in [0, 0.05) is 16.7 Å². The van der Waals surface area contributed by atoms with E-state index < -0.39 is 6.10 Å². The maximum Gasteiger partial charge on any atom is 0.197 e. The average Bonchev–Trinajstić information content (AvgIpc) is 3.31. The van der Waals surface area contributed by atoms with Crippen LogP contribution in [-0.2, 0) is 0 Å². The van der Waals surface area contributed by atoms with Crippen LogP contribution in [0.4, 0.5) is 0 Å². The van der Waals surface area contributed by atoms with Crippen LogP contribution >= 0.6 is 11.8 Å². The van der Waals surface area contributed by atoms with Gasteiger partial charge in [-0.05, 0) is 49.4 Å². The number of Topliss-reactive ketones (excluding diaryl/α,β-unsaturated/α-hetero) is 1. The van der Waals surface area contributed by atoms with Gasteiger partial charge in [-0.15, -0.1) is 11.8 Å². The van der Waals surface area contributed by atoms with Crippen LogP contribution in [0, 0.1) is 0 Å². The number of para-hydroxylation sites is 1. The van der Waals surface area contributed by atoms with Gasteiger partial charge in [-0.2, -0.15) is 0 Å². The van der Waals surface area contributed by atoms with Crippen molar-refractivity contribution in [1.82, 2.24) is 9.97 Å². The summed E-state index contributed by atoms with van der Waals surface area (Å²) >= 11 is 1.44. The molecule has 0 aliphatic carbocycles. The molecule has 0 fully saturated rings. The van der Waals surface area contributed by atoms with Crippen LogP contribution in [-0.4, -0.2) is 39.3 Å². The normalized spacial score (nSPS) is 12.1. The molecule has 1 N–H and O–H groups in total. The van der Waals surface area contributed by atoms with E-state index in [4.69, 9.17) is 9.15 Å². The van der Waals surface area contributed by atoms with Gasteiger partial charge in [0.05, 0.1) is 17.9 Å². The summed E-state index contributed by atoms with van der Waals surface area (Å²) in [5.41, 5.74) is 1.44. The Kier molecular flexibility index (Phi) is 6.11. The highest BCUT2D eigenvalue weighted by molar-refractivity contribution is 7.99. The third-order valence-corrected chi connectivity index (χ3v) is 5.56. The van der Waals surface area contributed by atoms with Crippen molar-refractivity contribution >= 4 is 28.4 Å². The van der Waals surface area contributed by atoms with Gasteiger partial charge in [0.1, 0.15) is 17.4 Å². The van der Waals surface area contributed by atoms with Crippen molar-refractivity contribution in [3.8, 4) is 17.3 Å². The molecule has 0 saturated carbocycles. The van der Waals surface area contributed by atoms with Crippen LogP contribution in [0.5, 0.6) is 5.75 Å². The first-order chi connectivity index (χ1) is 14.6. The molecule has 2 aromatic heterocycles. The number of hydrogen-bond donors (Lipinski definition) is 1. The molecule has 1 atom stereocenters. The number of aliphatic hydroxyl groups excluding tert-OH is 1. The third-order valence-electron chi connectivity index (χ3n) is 4.43. The van der Waals surface area contributed by atoms with Gasteiger partial charge in [-0.1, -0.05) is 18.2 Å². The Hall–Kier alpha value is -3.16. The lowest BCUT2D eigenvalue weighted by atomic mass is 10.1. The van der Waals surface area contributed by atoms with E-state index in [0.717, 1.165) is 15.9 Å². The fourth-order valence-corrected chi connectivity index (χ4v) is 3.80. The summed E-state index contributed by atoms with van der Waals surface area (Å²) in [6, 6.07) is 18.2. The van der Waals surface area contributed by atoms with E-state index in [0.29, 0.717) is 28.7 Å². The first-order valence-corrected chi connectivity index (χ1v) is 10.4. The highest BCUT2D eigenvalue weighted by Crippen LogP contribution is 2.29. The summed E-state index contributed by atoms with van der Waals surface area (Å²) < 4.78 is 11.1. The van der Waals surface area contributed by atoms with Crippen LogP contribution in [0.15, 0.2) is 76.4 Å². The van der Waals surface area contributed by atoms with E-state index in [2.05, 4.69) is 9.97 Å². The van der Waals surface area contributed by atoms with Gasteiger partial charge < -0.3 is 14.3 Å². The SMILES string of the molecule is CC(=O)c1ccc(OCC(O)CSc2nc(-c3ccco3)nc3ccccc23)cc1. The number of ether oxygens (including phenoxy) is 1. The van der Waals surface area contributed by atoms with Crippen molar-refractivity contribution in [2.24, 2.45) is 0 Å². The number of benzene rings is 2. The Morgan fingerprint density at radius 1 is 1.10 bits per heavy atom. The van der Waals surface area contributed by atoms with Gasteiger partial charge in [0.15, 0.2) is 17.4 Å². The third kappa shape index (κ3) is 4.69. The van der Waals surface area contributed by atoms with E-state index in [1.54, 1.807) is 36.6 Å². The fraction of sp³-hybridized carbons (Fsp3) is 0.174. The molecule has 30 heavy (non-hydrogen) atoms. The maximum atomic E-state index is 11.3. The minimum atomic E-state index is -0.691. The summed E-state index contributed by atoms with van der Waals surface area (Å²) in [7, 11) is 0. The summed E-state index contributed by atoms with van der Waals surface area (Å²) in [5, 5.41) is 12.1. The molecule has 6 nitrogen and oxygen atoms in total. The minimum absolute atomic E-state index is 0.00369. The molecule has 1 unspecified atom stereocenters. The molecule has 0 aliphatic rings. The molecule has 0 spiro atoms. The summed E-state index contributed by atoms with van der Waals surface area (Å²) in [6.45, 7) is 1.66. The van der Waals surface area contributed by atoms with E-state index in [1.807, 2.05) is 30.3 Å². The number of hydrogen-bond acceptors (Lipinski definition) is 7. The molecule has 0 bridgehead atoms. The Bertz CT molecular complexity index is 1140. The van der Waals surface area contributed by atoms with E-state index >= 15 is 0 Å². The average molecular weight is 420 g/mol. The van der Waals surface area contributed by atoms with E-state index in [1.165, 1.54) is 18.7 Å². The lowest BCUT2D eigenvalue weighted by molar-refractivity contribution is 0.101. The number of furan rings is 1. The second-order valence-corrected chi connectivity index (χ2v) is 7.71. The zero-order valence-electron chi connectivity index (χ0n) is 16.3. The van der Waals surface area contributed by atoms with Gasteiger partial charge >= 0.3 is 0 Å². The number of fused-ring (bicyclic) bond motifs is 1. The number of rotatable bonds is 8. The topological polar surface area (TPSA) is 85.5 Å². The Labute approximate surface area is 177 Å². The molecule has 0 amide bonds. The standard InChI is InChI=1S/C23H20N2O4S/c1-15(26)16-8-10-18(11-9-16)29-13-17(27)14-30-23-19-5-2-3-6-20(19)24-22(25-23)21-7-4-12-28-21/h2-12,17,27H,13-14H2,1H3. The van der Waals surface area contributed by atoms with Crippen LogP contribution in [0.3, 0.4) is 0 Å². The lowest BCUT2D eigenvalue weighted by Gasteiger charge is -2.13. The first-order valence-electron chi connectivity index (χ1n) is 9.45. The smallest absolute Gasteiger partial charge is 0.197 e. The van der Waals surface area contributed by atoms with Crippen LogP contribution in [0.25, 0.3) is 22.5 Å². The number of thioether (sulfide) groups is 1. The van der Waals surface area contributed by atoms with Crippen molar-refractivity contribution in [2.75, 3.05) is 12.4 Å². The maximum absolute atomic E-state index is 11.3. The van der Waals surface area contributed by atoms with Crippen molar-refractivity contribution < 1.29 is 19.1 Å². The van der Waals surface area contributed by atoms with Gasteiger partial charge in [0.2, 0.25) is 0 Å². The van der Waals surface area contributed by atoms with Crippen LogP contribution < -0.4 is 4.74 Å². The molecule has 2 heterocycles. The second kappa shape index (κ2) is 9.11. The molecular weight excluding hydrogens is 400 g/mol. The number of carbonyl (C=O) groups is 1. The molecule has 4 rings (SSSR count). The number of ketones is 1. The van der Waals surface area contributed by atoms with Crippen LogP contribution in [0.1, 0.15) is 17.3 Å². The number of carbonyl (C=O) groups excluding carboxylic acids is 1. The van der Waals surface area contributed by atoms with Crippen molar-refractivity contribution in [2.45, 2.75) is 18.1 Å². The summed E-state index contributed by atoms with van der Waals surface area (Å²) in [4.78, 5) is 20.5. The molecule has 2 aromatic carbocycles. The number of aliphatic hydroxyl groups is 1. The molecule has 152 valence electrons. The zero-order chi connectivity index (χ0) is 20.9. The zero-order valence-corrected chi connectivity index (χ0v) is 17.1. The monoisotopic (exact) mass is 420 g/mol. The minimum Gasteiger partial charge on any atom is -0.491 e. The Balaban J connectivity index is 1.43. The lowest BCUT2D eigenvalue weighted by Crippen LogP contribution is -2.20. The summed E-state index contributed by atoms with van der Waals surface area (Å²) in [5.74, 6) is 2.13. The molecule has 4 aromatic rings. The molecule has 0 aliphatic heterocycles. The van der Waals surface area contributed by atoms with Gasteiger partial charge in [0.25, 0.3) is 0 Å². The summed E-state index contributed by atoms with van der Waals surface area (Å²) in [6.07, 6.45) is 0.897. The predicted octanol–water partition coefficient (Wildman–Crippen LogP) is 4.62. The number of nitrogens with zero attached hydrogens (tertiary/aromatic N) is 2.